The first-order chi connectivity index (χ1) is 19.1. The Labute approximate surface area is 232 Å². The van der Waals surface area contributed by atoms with Crippen molar-refractivity contribution in [3.8, 4) is 23.2 Å². The summed E-state index contributed by atoms with van der Waals surface area (Å²) >= 11 is 0. The highest BCUT2D eigenvalue weighted by Gasteiger charge is 2.29. The first-order valence-corrected chi connectivity index (χ1v) is 13.5. The summed E-state index contributed by atoms with van der Waals surface area (Å²) in [4.78, 5) is 18.7. The summed E-state index contributed by atoms with van der Waals surface area (Å²) in [5, 5.41) is 26.8. The summed E-state index contributed by atoms with van der Waals surface area (Å²) in [5.74, 6) is 0.456. The maximum Gasteiger partial charge on any atom is 0.410 e. The van der Waals surface area contributed by atoms with E-state index in [1.807, 2.05) is 58.4 Å². The van der Waals surface area contributed by atoms with Crippen molar-refractivity contribution < 1.29 is 14.3 Å². The highest BCUT2D eigenvalue weighted by Crippen LogP contribution is 2.33. The number of hydrogen-bond donors (Lipinski definition) is 0. The molecule has 0 aromatic carbocycles. The SMILES string of the molecule is CCn1nncc1C(C)Oc1cc(-c2nnn(C3CCN(C(=O)OC(C)(C)C)CC3)c2C)cc2ncc(C#N)n12. The molecule has 1 aliphatic rings. The molecule has 1 saturated heterocycles. The van der Waals surface area contributed by atoms with Crippen LogP contribution in [0.3, 0.4) is 0 Å². The summed E-state index contributed by atoms with van der Waals surface area (Å²) in [5.41, 5.74) is 3.61. The van der Waals surface area contributed by atoms with Gasteiger partial charge in [0.2, 0.25) is 5.88 Å². The molecule has 13 nitrogen and oxygen atoms in total. The van der Waals surface area contributed by atoms with E-state index in [0.717, 1.165) is 29.8 Å². The van der Waals surface area contributed by atoms with Crippen molar-refractivity contribution in [1.82, 2.24) is 44.3 Å². The number of likely N-dealkylation sites (tertiary alicyclic amines) is 1. The van der Waals surface area contributed by atoms with E-state index in [4.69, 9.17) is 9.47 Å². The summed E-state index contributed by atoms with van der Waals surface area (Å²) in [6.45, 7) is 13.3. The first-order valence-electron chi connectivity index (χ1n) is 13.5. The minimum atomic E-state index is -0.524. The second kappa shape index (κ2) is 10.6. The third kappa shape index (κ3) is 5.21. The van der Waals surface area contributed by atoms with Crippen LogP contribution in [0.2, 0.25) is 0 Å². The van der Waals surface area contributed by atoms with Crippen LogP contribution in [0.25, 0.3) is 16.9 Å². The third-order valence-corrected chi connectivity index (χ3v) is 7.01. The zero-order chi connectivity index (χ0) is 28.6. The van der Waals surface area contributed by atoms with Crippen LogP contribution in [0, 0.1) is 18.3 Å². The number of amides is 1. The number of fused-ring (bicyclic) bond motifs is 1. The molecule has 0 aliphatic carbocycles. The smallest absolute Gasteiger partial charge is 0.410 e. The number of carbonyl (C=O) groups excluding carboxylic acids is 1. The number of aryl methyl sites for hydroxylation is 1. The fraction of sp³-hybridized carbons (Fsp3) is 0.519. The van der Waals surface area contributed by atoms with Crippen LogP contribution < -0.4 is 4.74 Å². The van der Waals surface area contributed by atoms with Gasteiger partial charge < -0.3 is 14.4 Å². The van der Waals surface area contributed by atoms with Crippen LogP contribution in [0.1, 0.15) is 76.7 Å². The molecule has 1 atom stereocenters. The topological polar surface area (TPSA) is 141 Å². The predicted molar refractivity (Wildman–Crippen MR) is 144 cm³/mol. The van der Waals surface area contributed by atoms with Crippen LogP contribution in [0.5, 0.6) is 5.88 Å². The van der Waals surface area contributed by atoms with Crippen LogP contribution >= 0.6 is 0 Å². The molecule has 5 rings (SSSR count). The van der Waals surface area contributed by atoms with Crippen molar-refractivity contribution in [3.05, 3.63) is 41.6 Å². The number of pyridine rings is 1. The van der Waals surface area contributed by atoms with Crippen molar-refractivity contribution >= 4 is 11.7 Å². The lowest BCUT2D eigenvalue weighted by Gasteiger charge is -2.33. The largest absolute Gasteiger partial charge is 0.469 e. The number of nitrogens with zero attached hydrogens (tertiary/aromatic N) is 10. The standard InChI is InChI=1S/C27H34N10O3/c1-7-35-22(16-30-32-35)18(3)39-24-13-19(12-23-29-15-21(14-28)36(23)24)25-17(2)37(33-31-25)20-8-10-34(11-9-20)26(38)40-27(4,5)6/h12-13,15-16,18,20H,7-11H2,1-6H3. The molecule has 1 unspecified atom stereocenters. The molecule has 0 spiro atoms. The van der Waals surface area contributed by atoms with Crippen molar-refractivity contribution in [2.75, 3.05) is 13.1 Å². The van der Waals surface area contributed by atoms with Crippen molar-refractivity contribution in [2.45, 2.75) is 78.7 Å². The van der Waals surface area contributed by atoms with Gasteiger partial charge in [0.1, 0.15) is 34.8 Å². The third-order valence-electron chi connectivity index (χ3n) is 7.01. The molecule has 4 aromatic rings. The zero-order valence-electron chi connectivity index (χ0n) is 23.7. The Bertz CT molecular complexity index is 1560. The molecule has 13 heteroatoms. The number of hydrogen-bond acceptors (Lipinski definition) is 9. The molecule has 0 N–H and O–H groups in total. The summed E-state index contributed by atoms with van der Waals surface area (Å²) in [6, 6.07) is 6.03. The van der Waals surface area contributed by atoms with Crippen molar-refractivity contribution in [1.29, 1.82) is 5.26 Å². The minimum absolute atomic E-state index is 0.109. The number of rotatable bonds is 6. The molecular weight excluding hydrogens is 512 g/mol. The Morgan fingerprint density at radius 1 is 1.20 bits per heavy atom. The Kier molecular flexibility index (Phi) is 7.18. The first kappa shape index (κ1) is 27.1. The maximum atomic E-state index is 12.5. The lowest BCUT2D eigenvalue weighted by molar-refractivity contribution is 0.0183. The van der Waals surface area contributed by atoms with Crippen LogP contribution in [-0.2, 0) is 11.3 Å². The molecule has 1 amide bonds. The van der Waals surface area contributed by atoms with Gasteiger partial charge in [-0.3, -0.25) is 4.40 Å². The van der Waals surface area contributed by atoms with E-state index in [-0.39, 0.29) is 18.2 Å². The molecule has 1 fully saturated rings. The molecule has 0 saturated carbocycles. The van der Waals surface area contributed by atoms with Gasteiger partial charge in [0, 0.05) is 31.3 Å². The molecule has 210 valence electrons. The quantitative estimate of drug-likeness (QED) is 0.349. The van der Waals surface area contributed by atoms with E-state index >= 15 is 0 Å². The number of aromatic nitrogens is 8. The number of imidazole rings is 1. The second-order valence-electron chi connectivity index (χ2n) is 10.9. The average molecular weight is 547 g/mol. The van der Waals surface area contributed by atoms with Gasteiger partial charge in [0.05, 0.1) is 29.8 Å². The van der Waals surface area contributed by atoms with E-state index in [9.17, 15) is 10.1 Å². The lowest BCUT2D eigenvalue weighted by Crippen LogP contribution is -2.42. The molecule has 0 bridgehead atoms. The van der Waals surface area contributed by atoms with Crippen LogP contribution in [0.4, 0.5) is 4.79 Å². The minimum Gasteiger partial charge on any atom is -0.469 e. The van der Waals surface area contributed by atoms with E-state index in [2.05, 4.69) is 31.7 Å². The van der Waals surface area contributed by atoms with Gasteiger partial charge in [-0.15, -0.1) is 10.2 Å². The average Bonchev–Trinajstić information content (AvgIpc) is 3.65. The molecule has 0 radical (unpaired) electrons. The number of ether oxygens (including phenoxy) is 2. The number of carbonyl (C=O) groups is 1. The molecule has 40 heavy (non-hydrogen) atoms. The Balaban J connectivity index is 1.41. The number of nitriles is 1. The fourth-order valence-electron chi connectivity index (χ4n) is 5.02. The van der Waals surface area contributed by atoms with Gasteiger partial charge in [-0.1, -0.05) is 10.4 Å². The van der Waals surface area contributed by atoms with Crippen molar-refractivity contribution in [3.63, 3.8) is 0 Å². The Morgan fingerprint density at radius 3 is 2.62 bits per heavy atom. The maximum absolute atomic E-state index is 12.5. The summed E-state index contributed by atoms with van der Waals surface area (Å²) in [6.07, 6.45) is 4.03. The fourth-order valence-corrected chi connectivity index (χ4v) is 5.02. The van der Waals surface area contributed by atoms with Gasteiger partial charge in [-0.05, 0) is 60.5 Å². The van der Waals surface area contributed by atoms with Crippen LogP contribution in [-0.4, -0.2) is 69.1 Å². The van der Waals surface area contributed by atoms with Gasteiger partial charge in [-0.2, -0.15) is 5.26 Å². The van der Waals surface area contributed by atoms with Gasteiger partial charge in [0.25, 0.3) is 0 Å². The second-order valence-corrected chi connectivity index (χ2v) is 10.9. The van der Waals surface area contributed by atoms with Crippen LogP contribution in [0.15, 0.2) is 24.5 Å². The monoisotopic (exact) mass is 546 g/mol. The highest BCUT2D eigenvalue weighted by molar-refractivity contribution is 5.69. The summed E-state index contributed by atoms with van der Waals surface area (Å²) < 4.78 is 17.3. The molecule has 4 aromatic heterocycles. The number of piperidine rings is 1. The zero-order valence-corrected chi connectivity index (χ0v) is 23.7. The van der Waals surface area contributed by atoms with E-state index < -0.39 is 5.60 Å². The normalized spacial score (nSPS) is 15.3. The molecule has 5 heterocycles. The van der Waals surface area contributed by atoms with Gasteiger partial charge in [-0.25, -0.2) is 19.1 Å². The van der Waals surface area contributed by atoms with Gasteiger partial charge in [0.15, 0.2) is 0 Å². The summed E-state index contributed by atoms with van der Waals surface area (Å²) in [7, 11) is 0. The Morgan fingerprint density at radius 2 is 1.95 bits per heavy atom. The molecule has 1 aliphatic heterocycles. The van der Waals surface area contributed by atoms with E-state index in [1.165, 1.54) is 6.20 Å². The van der Waals surface area contributed by atoms with E-state index in [1.54, 1.807) is 20.2 Å². The van der Waals surface area contributed by atoms with Gasteiger partial charge >= 0.3 is 6.09 Å². The highest BCUT2D eigenvalue weighted by atomic mass is 16.6. The van der Waals surface area contributed by atoms with Crippen molar-refractivity contribution in [2.24, 2.45) is 0 Å². The Hall–Kier alpha value is -4.47. The predicted octanol–water partition coefficient (Wildman–Crippen LogP) is 4.10. The van der Waals surface area contributed by atoms with E-state index in [0.29, 0.717) is 42.5 Å². The molecular formula is C27H34N10O3. The lowest BCUT2D eigenvalue weighted by atomic mass is 10.0.